The first-order chi connectivity index (χ1) is 11.1. The molecule has 0 spiro atoms. The first-order valence-electron chi connectivity index (χ1n) is 6.92. The minimum Gasteiger partial charge on any atom is -0.347 e. The third-order valence-electron chi connectivity index (χ3n) is 3.27. The maximum Gasteiger partial charge on any atom is 0.351 e. The van der Waals surface area contributed by atoms with E-state index in [0.29, 0.717) is 11.5 Å². The summed E-state index contributed by atoms with van der Waals surface area (Å²) in [5.41, 5.74) is 0.251. The molecule has 0 saturated heterocycles. The summed E-state index contributed by atoms with van der Waals surface area (Å²) in [7, 11) is 3.29. The van der Waals surface area contributed by atoms with E-state index in [4.69, 9.17) is 0 Å². The molecule has 0 aromatic carbocycles. The van der Waals surface area contributed by atoms with E-state index in [0.717, 1.165) is 4.88 Å². The summed E-state index contributed by atoms with van der Waals surface area (Å²) in [5, 5.41) is 6.27. The number of amides is 1. The molecule has 0 atom stereocenters. The van der Waals surface area contributed by atoms with Gasteiger partial charge in [0.05, 0.1) is 16.8 Å². The van der Waals surface area contributed by atoms with Crippen LogP contribution < -0.4 is 5.69 Å². The van der Waals surface area contributed by atoms with Crippen molar-refractivity contribution >= 4 is 17.2 Å². The van der Waals surface area contributed by atoms with Gasteiger partial charge in [0.1, 0.15) is 6.54 Å². The summed E-state index contributed by atoms with van der Waals surface area (Å²) in [5.74, 6) is 0.310. The fourth-order valence-corrected chi connectivity index (χ4v) is 2.76. The lowest BCUT2D eigenvalue weighted by Gasteiger charge is -2.08. The predicted octanol–water partition coefficient (Wildman–Crippen LogP) is 1.25. The molecule has 0 bridgehead atoms. The van der Waals surface area contributed by atoms with Gasteiger partial charge in [0.25, 0.3) is 0 Å². The summed E-state index contributed by atoms with van der Waals surface area (Å²) in [6, 6.07) is 7.31. The Morgan fingerprint density at radius 3 is 2.74 bits per heavy atom. The van der Waals surface area contributed by atoms with Gasteiger partial charge < -0.3 is 4.90 Å². The van der Waals surface area contributed by atoms with Crippen molar-refractivity contribution < 1.29 is 4.79 Å². The van der Waals surface area contributed by atoms with Crippen molar-refractivity contribution in [3.63, 3.8) is 0 Å². The Kier molecular flexibility index (Phi) is 4.07. The standard InChI is InChI=1S/C15H15N5O2S/c1-18(2)13(21)10-19-15(22)20(11-5-3-7-16-9-11)14(17-19)12-6-4-8-23-12/h3-9H,10H2,1-2H3. The largest absolute Gasteiger partial charge is 0.351 e. The van der Waals surface area contributed by atoms with E-state index in [9.17, 15) is 9.59 Å². The van der Waals surface area contributed by atoms with Crippen LogP contribution in [-0.2, 0) is 11.3 Å². The van der Waals surface area contributed by atoms with Gasteiger partial charge in [0.2, 0.25) is 5.91 Å². The zero-order valence-electron chi connectivity index (χ0n) is 12.7. The number of hydrogen-bond donors (Lipinski definition) is 0. The number of rotatable bonds is 4. The number of carbonyl (C=O) groups excluding carboxylic acids is 1. The van der Waals surface area contributed by atoms with Crippen LogP contribution in [0.15, 0.2) is 46.8 Å². The molecule has 0 aliphatic carbocycles. The molecule has 0 fully saturated rings. The average molecular weight is 329 g/mol. The number of hydrogen-bond acceptors (Lipinski definition) is 5. The average Bonchev–Trinajstić information content (AvgIpc) is 3.17. The molecule has 3 aromatic rings. The number of carbonyl (C=O) groups is 1. The Balaban J connectivity index is 2.15. The van der Waals surface area contributed by atoms with Crippen LogP contribution in [0.5, 0.6) is 0 Å². The van der Waals surface area contributed by atoms with Gasteiger partial charge in [0, 0.05) is 20.3 Å². The van der Waals surface area contributed by atoms with Gasteiger partial charge in [-0.25, -0.2) is 14.0 Å². The smallest absolute Gasteiger partial charge is 0.347 e. The fraction of sp³-hybridized carbons (Fsp3) is 0.200. The lowest BCUT2D eigenvalue weighted by Crippen LogP contribution is -2.32. The Hall–Kier alpha value is -2.74. The number of thiophene rings is 1. The molecular formula is C15H15N5O2S. The first kappa shape index (κ1) is 15.2. The van der Waals surface area contributed by atoms with Crippen molar-refractivity contribution in [2.45, 2.75) is 6.54 Å². The quantitative estimate of drug-likeness (QED) is 0.722. The molecule has 3 rings (SSSR count). The van der Waals surface area contributed by atoms with Crippen molar-refractivity contribution in [1.82, 2.24) is 24.2 Å². The Labute approximate surface area is 136 Å². The zero-order valence-corrected chi connectivity index (χ0v) is 13.5. The van der Waals surface area contributed by atoms with Crippen molar-refractivity contribution in [2.75, 3.05) is 14.1 Å². The molecule has 0 aliphatic rings. The van der Waals surface area contributed by atoms with Gasteiger partial charge in [-0.05, 0) is 23.6 Å². The van der Waals surface area contributed by atoms with Crippen LogP contribution >= 0.6 is 11.3 Å². The van der Waals surface area contributed by atoms with E-state index in [2.05, 4.69) is 10.1 Å². The Morgan fingerprint density at radius 2 is 2.13 bits per heavy atom. The normalized spacial score (nSPS) is 10.7. The van der Waals surface area contributed by atoms with Crippen LogP contribution in [0, 0.1) is 0 Å². The third-order valence-corrected chi connectivity index (χ3v) is 4.13. The predicted molar refractivity (Wildman–Crippen MR) is 87.6 cm³/mol. The molecule has 3 heterocycles. The van der Waals surface area contributed by atoms with Crippen molar-refractivity contribution in [2.24, 2.45) is 0 Å². The fourth-order valence-electron chi connectivity index (χ4n) is 2.06. The van der Waals surface area contributed by atoms with Crippen molar-refractivity contribution in [3.05, 3.63) is 52.5 Å². The molecule has 0 unspecified atom stereocenters. The lowest BCUT2D eigenvalue weighted by molar-refractivity contribution is -0.129. The second-order valence-corrected chi connectivity index (χ2v) is 6.02. The molecule has 3 aromatic heterocycles. The molecule has 118 valence electrons. The van der Waals surface area contributed by atoms with E-state index < -0.39 is 0 Å². The zero-order chi connectivity index (χ0) is 16.4. The summed E-state index contributed by atoms with van der Waals surface area (Å²) in [6.07, 6.45) is 3.23. The molecule has 0 saturated carbocycles. The Bertz CT molecular complexity index is 865. The minimum absolute atomic E-state index is 0.0997. The number of aromatic nitrogens is 4. The van der Waals surface area contributed by atoms with Gasteiger partial charge in [-0.15, -0.1) is 16.4 Å². The van der Waals surface area contributed by atoms with Gasteiger partial charge in [0.15, 0.2) is 5.82 Å². The van der Waals surface area contributed by atoms with E-state index in [-0.39, 0.29) is 18.1 Å². The molecule has 7 nitrogen and oxygen atoms in total. The monoisotopic (exact) mass is 329 g/mol. The van der Waals surface area contributed by atoms with Crippen LogP contribution in [-0.4, -0.2) is 44.2 Å². The third kappa shape index (κ3) is 2.93. The highest BCUT2D eigenvalue weighted by molar-refractivity contribution is 7.13. The van der Waals surface area contributed by atoms with E-state index in [1.54, 1.807) is 38.6 Å². The SMILES string of the molecule is CN(C)C(=O)Cn1nc(-c2cccs2)n(-c2cccnc2)c1=O. The highest BCUT2D eigenvalue weighted by Crippen LogP contribution is 2.23. The highest BCUT2D eigenvalue weighted by Gasteiger charge is 2.19. The van der Waals surface area contributed by atoms with Gasteiger partial charge in [-0.1, -0.05) is 6.07 Å². The van der Waals surface area contributed by atoms with Crippen LogP contribution in [0.4, 0.5) is 0 Å². The van der Waals surface area contributed by atoms with Crippen LogP contribution in [0.2, 0.25) is 0 Å². The number of pyridine rings is 1. The molecular weight excluding hydrogens is 314 g/mol. The van der Waals surface area contributed by atoms with E-state index in [1.807, 2.05) is 17.5 Å². The van der Waals surface area contributed by atoms with Crippen LogP contribution in [0.3, 0.4) is 0 Å². The topological polar surface area (TPSA) is 73.0 Å². The summed E-state index contributed by atoms with van der Waals surface area (Å²) < 4.78 is 2.66. The molecule has 0 radical (unpaired) electrons. The van der Waals surface area contributed by atoms with Crippen LogP contribution in [0.25, 0.3) is 16.4 Å². The molecule has 0 aliphatic heterocycles. The van der Waals surface area contributed by atoms with Gasteiger partial charge in [-0.2, -0.15) is 0 Å². The van der Waals surface area contributed by atoms with E-state index >= 15 is 0 Å². The molecule has 23 heavy (non-hydrogen) atoms. The van der Waals surface area contributed by atoms with Crippen molar-refractivity contribution in [1.29, 1.82) is 0 Å². The number of likely N-dealkylation sites (N-methyl/N-ethyl adjacent to an activating group) is 1. The van der Waals surface area contributed by atoms with Crippen LogP contribution in [0.1, 0.15) is 0 Å². The molecule has 1 amide bonds. The van der Waals surface area contributed by atoms with Gasteiger partial charge >= 0.3 is 5.69 Å². The first-order valence-corrected chi connectivity index (χ1v) is 7.80. The molecule has 8 heteroatoms. The van der Waals surface area contributed by atoms with Gasteiger partial charge in [-0.3, -0.25) is 9.78 Å². The highest BCUT2D eigenvalue weighted by atomic mass is 32.1. The summed E-state index contributed by atoms with van der Waals surface area (Å²) in [4.78, 5) is 31.0. The van der Waals surface area contributed by atoms with Crippen molar-refractivity contribution in [3.8, 4) is 16.4 Å². The summed E-state index contributed by atoms with van der Waals surface area (Å²) >= 11 is 1.48. The maximum atomic E-state index is 12.7. The van der Waals surface area contributed by atoms with E-state index in [1.165, 1.54) is 25.5 Å². The second-order valence-electron chi connectivity index (χ2n) is 5.08. The maximum absolute atomic E-state index is 12.7. The second kappa shape index (κ2) is 6.17. The summed E-state index contributed by atoms with van der Waals surface area (Å²) in [6.45, 7) is -0.0997. The number of nitrogens with zero attached hydrogens (tertiary/aromatic N) is 5. The lowest BCUT2D eigenvalue weighted by atomic mass is 10.4. The minimum atomic E-state index is -0.364. The molecule has 0 N–H and O–H groups in total. The Morgan fingerprint density at radius 1 is 1.30 bits per heavy atom.